The van der Waals surface area contributed by atoms with E-state index in [1.165, 1.54) is 51.4 Å². The molecule has 5 unspecified atom stereocenters. The second-order valence-electron chi connectivity index (χ2n) is 14.2. The molecule has 0 aromatic carbocycles. The van der Waals surface area contributed by atoms with Gasteiger partial charge in [0.1, 0.15) is 6.10 Å². The van der Waals surface area contributed by atoms with Gasteiger partial charge in [0.25, 0.3) is 5.76 Å². The van der Waals surface area contributed by atoms with Crippen molar-refractivity contribution in [1.29, 1.82) is 0 Å². The second kappa shape index (κ2) is 26.7. The normalized spacial score (nSPS) is 19.5. The first-order chi connectivity index (χ1) is 23.1. The molecule has 6 atom stereocenters. The minimum Gasteiger partial charge on any atom is -0.505 e. The fraction of sp³-hybridized carbons (Fsp3) is 0.921. The number of hydrogen-bond donors (Lipinski definition) is 3. The summed E-state index contributed by atoms with van der Waals surface area (Å²) in [4.78, 5) is 12.9. The monoisotopic (exact) mass is 704 g/mol. The topological polar surface area (TPSA) is 132 Å². The molecule has 0 aromatic rings. The van der Waals surface area contributed by atoms with Gasteiger partial charge in [0.05, 0.1) is 18.8 Å². The molecule has 0 bridgehead atoms. The smallest absolute Gasteiger partial charge is 0.505 e. The Morgan fingerprint density at radius 3 is 1.46 bits per heavy atom. The van der Waals surface area contributed by atoms with E-state index in [0.29, 0.717) is 12.8 Å². The molecule has 1 aliphatic heterocycles. The Morgan fingerprint density at radius 1 is 0.667 bits per heavy atom. The van der Waals surface area contributed by atoms with E-state index in [1.807, 2.05) is 0 Å². The third-order valence-electron chi connectivity index (χ3n) is 9.67. The number of phosphoric ester groups is 1. The molecule has 0 spiro atoms. The Balaban J connectivity index is 3.34. The molecule has 0 saturated carbocycles. The number of aliphatic hydroxyl groups is 3. The van der Waals surface area contributed by atoms with Gasteiger partial charge in [0.15, 0.2) is 11.9 Å². The molecule has 0 saturated heterocycles. The molecule has 1 rings (SSSR count). The quantitative estimate of drug-likeness (QED) is 0.0355. The highest BCUT2D eigenvalue weighted by molar-refractivity contribution is 7.48. The highest BCUT2D eigenvalue weighted by Gasteiger charge is 2.47. The summed E-state index contributed by atoms with van der Waals surface area (Å²) in [5, 5.41) is 30.4. The van der Waals surface area contributed by atoms with Crippen LogP contribution in [0, 0.1) is 11.8 Å². The molecule has 3 N–H and O–H groups in total. The van der Waals surface area contributed by atoms with E-state index in [9.17, 15) is 24.7 Å². The van der Waals surface area contributed by atoms with E-state index in [2.05, 4.69) is 41.5 Å². The maximum absolute atomic E-state index is 14.9. The number of ether oxygens (including phenoxy) is 1. The third kappa shape index (κ3) is 17.7. The highest BCUT2D eigenvalue weighted by atomic mass is 31.2. The standard InChI is InChI=1S/C38H73O9P/c1-7-11-15-17-19-21-23-27-33(30(5)25-13-9-3)45-48(43,47-37-35(41)36(32(40)29-39)44-38(37)42)46-34(31(6)26-14-10-4)28-24-22-20-18-16-12-8-2/h30-34,36,39-41H,7-29H2,1-6H3/t30?,31?,32?,33?,34?,36-,48?/m1/s1. The Bertz CT molecular complexity index is 869. The number of esters is 1. The summed E-state index contributed by atoms with van der Waals surface area (Å²) in [6, 6.07) is 0. The minimum atomic E-state index is -4.50. The molecule has 1 aliphatic rings. The summed E-state index contributed by atoms with van der Waals surface area (Å²) in [5.41, 5.74) is 0. The van der Waals surface area contributed by atoms with Crippen molar-refractivity contribution in [3.63, 3.8) is 0 Å². The molecular formula is C38H73O9P. The zero-order chi connectivity index (χ0) is 35.8. The summed E-state index contributed by atoms with van der Waals surface area (Å²) in [5.74, 6) is -2.37. The van der Waals surface area contributed by atoms with E-state index in [0.717, 1.165) is 77.0 Å². The van der Waals surface area contributed by atoms with Gasteiger partial charge in [-0.05, 0) is 37.5 Å². The average molecular weight is 705 g/mol. The number of unbranched alkanes of at least 4 members (excludes halogenated alkanes) is 14. The van der Waals surface area contributed by atoms with Gasteiger partial charge in [-0.1, -0.05) is 157 Å². The number of carbonyl (C=O) groups excluding carboxylic acids is 1. The molecule has 0 aliphatic carbocycles. The molecule has 1 heterocycles. The van der Waals surface area contributed by atoms with Crippen molar-refractivity contribution in [3.8, 4) is 0 Å². The van der Waals surface area contributed by atoms with Gasteiger partial charge in [0, 0.05) is 0 Å². The van der Waals surface area contributed by atoms with Gasteiger partial charge in [-0.3, -0.25) is 9.05 Å². The van der Waals surface area contributed by atoms with E-state index < -0.39 is 56.3 Å². The van der Waals surface area contributed by atoms with Crippen LogP contribution in [0.25, 0.3) is 0 Å². The Kier molecular flexibility index (Phi) is 24.9. The summed E-state index contributed by atoms with van der Waals surface area (Å²) in [6.07, 6.45) is 19.1. The van der Waals surface area contributed by atoms with Gasteiger partial charge < -0.3 is 24.6 Å². The minimum absolute atomic E-state index is 0.0618. The largest absolute Gasteiger partial charge is 0.531 e. The maximum Gasteiger partial charge on any atom is 0.531 e. The first-order valence-electron chi connectivity index (χ1n) is 19.7. The molecule has 0 fully saturated rings. The number of aliphatic hydroxyl groups excluding tert-OH is 3. The lowest BCUT2D eigenvalue weighted by Gasteiger charge is -2.32. The molecule has 10 heteroatoms. The van der Waals surface area contributed by atoms with Gasteiger partial charge in [0.2, 0.25) is 0 Å². The van der Waals surface area contributed by atoms with Crippen molar-refractivity contribution in [2.24, 2.45) is 11.8 Å². The molecule has 9 nitrogen and oxygen atoms in total. The Hall–Kier alpha value is -1.12. The van der Waals surface area contributed by atoms with Crippen molar-refractivity contribution in [3.05, 3.63) is 11.5 Å². The van der Waals surface area contributed by atoms with Crippen LogP contribution >= 0.6 is 7.82 Å². The van der Waals surface area contributed by atoms with Crippen LogP contribution in [0.5, 0.6) is 0 Å². The van der Waals surface area contributed by atoms with Crippen LogP contribution in [-0.2, 0) is 27.7 Å². The molecular weight excluding hydrogens is 631 g/mol. The summed E-state index contributed by atoms with van der Waals surface area (Å²) in [6.45, 7) is 12.1. The van der Waals surface area contributed by atoms with Gasteiger partial charge in [-0.2, -0.15) is 0 Å². The molecule has 0 aromatic heterocycles. The number of hydrogen-bond acceptors (Lipinski definition) is 9. The van der Waals surface area contributed by atoms with Crippen molar-refractivity contribution >= 4 is 13.8 Å². The molecule has 48 heavy (non-hydrogen) atoms. The molecule has 284 valence electrons. The summed E-state index contributed by atoms with van der Waals surface area (Å²) >= 11 is 0. The maximum atomic E-state index is 14.9. The lowest BCUT2D eigenvalue weighted by atomic mass is 9.94. The number of cyclic esters (lactones) is 1. The lowest BCUT2D eigenvalue weighted by Crippen LogP contribution is -2.31. The lowest BCUT2D eigenvalue weighted by molar-refractivity contribution is -0.147. The predicted molar refractivity (Wildman–Crippen MR) is 194 cm³/mol. The van der Waals surface area contributed by atoms with Crippen molar-refractivity contribution in [2.45, 2.75) is 207 Å². The highest BCUT2D eigenvalue weighted by Crippen LogP contribution is 2.57. The average Bonchev–Trinajstić information content (AvgIpc) is 3.35. The first kappa shape index (κ1) is 44.9. The third-order valence-corrected chi connectivity index (χ3v) is 11.1. The zero-order valence-electron chi connectivity index (χ0n) is 31.5. The van der Waals surface area contributed by atoms with Crippen molar-refractivity contribution < 1.29 is 43.0 Å². The number of phosphoric acid groups is 1. The van der Waals surface area contributed by atoms with E-state index in [-0.39, 0.29) is 11.8 Å². The van der Waals surface area contributed by atoms with Gasteiger partial charge in [-0.25, -0.2) is 9.36 Å². The van der Waals surface area contributed by atoms with Gasteiger partial charge in [-0.15, -0.1) is 0 Å². The van der Waals surface area contributed by atoms with E-state index >= 15 is 0 Å². The molecule has 0 radical (unpaired) electrons. The Morgan fingerprint density at radius 2 is 1.06 bits per heavy atom. The van der Waals surface area contributed by atoms with Crippen LogP contribution in [0.4, 0.5) is 0 Å². The van der Waals surface area contributed by atoms with E-state index in [1.54, 1.807) is 0 Å². The summed E-state index contributed by atoms with van der Waals surface area (Å²) < 4.78 is 38.7. The number of rotatable bonds is 32. The van der Waals surface area contributed by atoms with Crippen LogP contribution in [0.15, 0.2) is 11.5 Å². The fourth-order valence-corrected chi connectivity index (χ4v) is 8.14. The van der Waals surface area contributed by atoms with Crippen LogP contribution in [0.2, 0.25) is 0 Å². The predicted octanol–water partition coefficient (Wildman–Crippen LogP) is 10.9. The second-order valence-corrected chi connectivity index (χ2v) is 15.7. The van der Waals surface area contributed by atoms with Crippen LogP contribution < -0.4 is 0 Å². The van der Waals surface area contributed by atoms with Crippen LogP contribution in [-0.4, -0.2) is 52.3 Å². The molecule has 0 amide bonds. The zero-order valence-corrected chi connectivity index (χ0v) is 32.4. The van der Waals surface area contributed by atoms with Crippen LogP contribution in [0.1, 0.15) is 183 Å². The van der Waals surface area contributed by atoms with Crippen molar-refractivity contribution in [1.82, 2.24) is 0 Å². The SMILES string of the molecule is CCCCCCCCCC(OP(=O)(OC1=C(O)[C@@H](C(O)CO)OC1=O)OC(CCCCCCCCC)C(C)CCCC)C(C)CCCC. The van der Waals surface area contributed by atoms with Crippen molar-refractivity contribution in [2.75, 3.05) is 6.61 Å². The number of carbonyl (C=O) groups is 1. The fourth-order valence-electron chi connectivity index (χ4n) is 6.32. The summed E-state index contributed by atoms with van der Waals surface area (Å²) in [7, 11) is -4.50. The van der Waals surface area contributed by atoms with Crippen LogP contribution in [0.3, 0.4) is 0 Å². The first-order valence-corrected chi connectivity index (χ1v) is 21.1. The van der Waals surface area contributed by atoms with Gasteiger partial charge >= 0.3 is 13.8 Å². The Labute approximate surface area is 293 Å². The van der Waals surface area contributed by atoms with E-state index in [4.69, 9.17) is 18.3 Å².